The largest absolute Gasteiger partial charge is 0.497 e. The van der Waals surface area contributed by atoms with Crippen LogP contribution in [0.4, 0.5) is 0 Å². The van der Waals surface area contributed by atoms with Gasteiger partial charge in [-0.05, 0) is 23.3 Å². The van der Waals surface area contributed by atoms with Gasteiger partial charge in [-0.1, -0.05) is 30.3 Å². The van der Waals surface area contributed by atoms with Gasteiger partial charge in [-0.25, -0.2) is 4.98 Å². The molecule has 3 aromatic rings. The number of carbonyl (C=O) groups is 1. The molecule has 4 rings (SSSR count). The third kappa shape index (κ3) is 6.34. The number of carbonyl (C=O) groups excluding carboxylic acids is 1. The third-order valence-corrected chi connectivity index (χ3v) is 5.72. The molecule has 1 aliphatic heterocycles. The molecule has 0 bridgehead atoms. The minimum absolute atomic E-state index is 0.229. The Morgan fingerprint density at radius 2 is 1.58 bits per heavy atom. The van der Waals surface area contributed by atoms with Gasteiger partial charge in [0, 0.05) is 45.3 Å². The molecule has 1 amide bonds. The van der Waals surface area contributed by atoms with Gasteiger partial charge in [0.25, 0.3) is 5.91 Å². The van der Waals surface area contributed by atoms with Crippen LogP contribution in [0.15, 0.2) is 59.2 Å². The van der Waals surface area contributed by atoms with Gasteiger partial charge in [0.05, 0.1) is 20.8 Å². The molecule has 2 heterocycles. The summed E-state index contributed by atoms with van der Waals surface area (Å²) in [6.07, 6.45) is 1.43. The van der Waals surface area contributed by atoms with E-state index in [1.54, 1.807) is 14.2 Å². The van der Waals surface area contributed by atoms with E-state index in [-0.39, 0.29) is 5.91 Å². The molecule has 8 nitrogen and oxygen atoms in total. The summed E-state index contributed by atoms with van der Waals surface area (Å²) in [6.45, 7) is 5.56. The van der Waals surface area contributed by atoms with Crippen molar-refractivity contribution in [2.24, 2.45) is 0 Å². The number of hydrogen-bond acceptors (Lipinski definition) is 7. The molecule has 1 N–H and O–H groups in total. The maximum atomic E-state index is 12.4. The Morgan fingerprint density at radius 3 is 2.21 bits per heavy atom. The third-order valence-electron chi connectivity index (χ3n) is 5.72. The van der Waals surface area contributed by atoms with Crippen molar-refractivity contribution >= 4 is 5.91 Å². The predicted molar refractivity (Wildman–Crippen MR) is 124 cm³/mol. The van der Waals surface area contributed by atoms with Crippen LogP contribution in [-0.4, -0.2) is 61.1 Å². The Bertz CT molecular complexity index is 1020. The number of amides is 1. The van der Waals surface area contributed by atoms with Crippen LogP contribution in [0.2, 0.25) is 0 Å². The summed E-state index contributed by atoms with van der Waals surface area (Å²) in [7, 11) is 3.33. The van der Waals surface area contributed by atoms with Gasteiger partial charge in [-0.3, -0.25) is 14.6 Å². The number of benzene rings is 2. The summed E-state index contributed by atoms with van der Waals surface area (Å²) < 4.78 is 16.3. The Hall–Kier alpha value is -3.36. The van der Waals surface area contributed by atoms with Crippen molar-refractivity contribution in [1.82, 2.24) is 20.1 Å². The molecule has 33 heavy (non-hydrogen) atoms. The van der Waals surface area contributed by atoms with E-state index in [9.17, 15) is 4.79 Å². The number of rotatable bonds is 9. The van der Waals surface area contributed by atoms with Gasteiger partial charge in [-0.2, -0.15) is 0 Å². The summed E-state index contributed by atoms with van der Waals surface area (Å²) in [5.74, 6) is 1.93. The van der Waals surface area contributed by atoms with Crippen LogP contribution in [-0.2, 0) is 19.6 Å². The molecule has 0 radical (unpaired) electrons. The lowest BCUT2D eigenvalue weighted by atomic mass is 10.1. The summed E-state index contributed by atoms with van der Waals surface area (Å²) >= 11 is 0. The number of piperazine rings is 1. The number of ether oxygens (including phenoxy) is 2. The molecule has 174 valence electrons. The molecular weight excluding hydrogens is 420 g/mol. The number of aromatic nitrogens is 1. The number of oxazole rings is 1. The Labute approximate surface area is 194 Å². The van der Waals surface area contributed by atoms with Gasteiger partial charge < -0.3 is 19.2 Å². The van der Waals surface area contributed by atoms with Crippen molar-refractivity contribution in [1.29, 1.82) is 0 Å². The van der Waals surface area contributed by atoms with Crippen LogP contribution in [0.25, 0.3) is 0 Å². The second-order valence-corrected chi connectivity index (χ2v) is 8.07. The van der Waals surface area contributed by atoms with Gasteiger partial charge in [0.15, 0.2) is 5.69 Å². The molecule has 0 unspecified atom stereocenters. The van der Waals surface area contributed by atoms with Crippen LogP contribution in [0.1, 0.15) is 27.5 Å². The van der Waals surface area contributed by atoms with E-state index in [0.29, 0.717) is 24.7 Å². The Kier molecular flexibility index (Phi) is 7.59. The Balaban J connectivity index is 1.24. The molecule has 0 atom stereocenters. The minimum atomic E-state index is -0.229. The summed E-state index contributed by atoms with van der Waals surface area (Å²) in [4.78, 5) is 21.4. The van der Waals surface area contributed by atoms with E-state index in [2.05, 4.69) is 20.1 Å². The van der Waals surface area contributed by atoms with E-state index in [1.165, 1.54) is 11.8 Å². The van der Waals surface area contributed by atoms with Crippen molar-refractivity contribution < 1.29 is 18.7 Å². The predicted octanol–water partition coefficient (Wildman–Crippen LogP) is 2.94. The van der Waals surface area contributed by atoms with Gasteiger partial charge in [-0.15, -0.1) is 0 Å². The zero-order chi connectivity index (χ0) is 23.0. The standard InChI is InChI=1S/C25H30N4O4/c1-31-21-12-20(13-22(14-21)32-2)16-28-8-10-29(11-9-28)17-24-27-23(18-33-24)25(30)26-15-19-6-4-3-5-7-19/h3-7,12-14,18H,8-11,15-17H2,1-2H3,(H,26,30). The second kappa shape index (κ2) is 11.0. The van der Waals surface area contributed by atoms with Gasteiger partial charge in [0.1, 0.15) is 17.8 Å². The highest BCUT2D eigenvalue weighted by Gasteiger charge is 2.20. The zero-order valence-corrected chi connectivity index (χ0v) is 19.1. The first-order chi connectivity index (χ1) is 16.1. The van der Waals surface area contributed by atoms with Crippen molar-refractivity contribution in [2.45, 2.75) is 19.6 Å². The highest BCUT2D eigenvalue weighted by Crippen LogP contribution is 2.24. The lowest BCUT2D eigenvalue weighted by Crippen LogP contribution is -2.45. The molecule has 0 saturated carbocycles. The van der Waals surface area contributed by atoms with E-state index in [4.69, 9.17) is 13.9 Å². The first-order valence-electron chi connectivity index (χ1n) is 11.1. The molecule has 1 aliphatic rings. The van der Waals surface area contributed by atoms with E-state index < -0.39 is 0 Å². The monoisotopic (exact) mass is 450 g/mol. The first kappa shape index (κ1) is 22.8. The van der Waals surface area contributed by atoms with Crippen LogP contribution >= 0.6 is 0 Å². The zero-order valence-electron chi connectivity index (χ0n) is 19.1. The molecule has 0 aliphatic carbocycles. The average Bonchev–Trinajstić information content (AvgIpc) is 3.32. The molecule has 1 saturated heterocycles. The Morgan fingerprint density at radius 1 is 0.939 bits per heavy atom. The van der Waals surface area contributed by atoms with Crippen LogP contribution in [0, 0.1) is 0 Å². The second-order valence-electron chi connectivity index (χ2n) is 8.07. The molecule has 1 aromatic heterocycles. The quantitative estimate of drug-likeness (QED) is 0.537. The average molecular weight is 451 g/mol. The number of hydrogen-bond donors (Lipinski definition) is 1. The smallest absolute Gasteiger partial charge is 0.273 e. The van der Waals surface area contributed by atoms with Crippen LogP contribution < -0.4 is 14.8 Å². The molecule has 2 aromatic carbocycles. The maximum absolute atomic E-state index is 12.4. The topological polar surface area (TPSA) is 80.1 Å². The van der Waals surface area contributed by atoms with Gasteiger partial charge in [0.2, 0.25) is 5.89 Å². The highest BCUT2D eigenvalue weighted by atomic mass is 16.5. The normalized spacial score (nSPS) is 14.7. The van der Waals surface area contributed by atoms with Crippen molar-refractivity contribution in [3.63, 3.8) is 0 Å². The van der Waals surface area contributed by atoms with Crippen molar-refractivity contribution in [2.75, 3.05) is 40.4 Å². The van der Waals surface area contributed by atoms with E-state index in [1.807, 2.05) is 48.5 Å². The van der Waals surface area contributed by atoms with Gasteiger partial charge >= 0.3 is 0 Å². The fourth-order valence-electron chi connectivity index (χ4n) is 3.87. The fraction of sp³-hybridized carbons (Fsp3) is 0.360. The SMILES string of the molecule is COc1cc(CN2CCN(Cc3nc(C(=O)NCc4ccccc4)co3)CC2)cc(OC)c1. The maximum Gasteiger partial charge on any atom is 0.273 e. The van der Waals surface area contributed by atoms with Crippen molar-refractivity contribution in [3.8, 4) is 11.5 Å². The molecule has 0 spiro atoms. The van der Waals surface area contributed by atoms with Crippen LogP contribution in [0.3, 0.4) is 0 Å². The summed E-state index contributed by atoms with van der Waals surface area (Å²) in [6, 6.07) is 15.8. The summed E-state index contributed by atoms with van der Waals surface area (Å²) in [5.41, 5.74) is 2.52. The van der Waals surface area contributed by atoms with Crippen LogP contribution in [0.5, 0.6) is 11.5 Å². The lowest BCUT2D eigenvalue weighted by Gasteiger charge is -2.34. The number of nitrogens with zero attached hydrogens (tertiary/aromatic N) is 3. The minimum Gasteiger partial charge on any atom is -0.497 e. The van der Waals surface area contributed by atoms with E-state index in [0.717, 1.165) is 49.8 Å². The molecule has 8 heteroatoms. The number of methoxy groups -OCH3 is 2. The lowest BCUT2D eigenvalue weighted by molar-refractivity contribution is 0.0945. The first-order valence-corrected chi connectivity index (χ1v) is 11.1. The summed E-state index contributed by atoms with van der Waals surface area (Å²) in [5, 5.41) is 2.88. The fourth-order valence-corrected chi connectivity index (χ4v) is 3.87. The number of nitrogens with one attached hydrogen (secondary N) is 1. The van der Waals surface area contributed by atoms with Crippen molar-refractivity contribution in [3.05, 3.63) is 77.5 Å². The molecular formula is C25H30N4O4. The van der Waals surface area contributed by atoms with E-state index >= 15 is 0 Å². The highest BCUT2D eigenvalue weighted by molar-refractivity contribution is 5.91. The molecule has 1 fully saturated rings.